The van der Waals surface area contributed by atoms with Gasteiger partial charge in [-0.3, -0.25) is 19.3 Å². The number of rotatable bonds is 6. The molecular weight excluding hydrogens is 400 g/mol. The molecule has 1 saturated heterocycles. The zero-order valence-electron chi connectivity index (χ0n) is 16.7. The molecule has 2 aliphatic rings. The molecule has 3 atom stereocenters. The molecule has 2 aromatic rings. The van der Waals surface area contributed by atoms with Crippen LogP contribution >= 0.6 is 11.6 Å². The Morgan fingerprint density at radius 2 is 1.57 bits per heavy atom. The molecule has 0 spiro atoms. The van der Waals surface area contributed by atoms with Crippen molar-refractivity contribution in [3.63, 3.8) is 0 Å². The second-order valence-corrected chi connectivity index (χ2v) is 8.56. The van der Waals surface area contributed by atoms with Gasteiger partial charge in [0.05, 0.1) is 17.9 Å². The van der Waals surface area contributed by atoms with E-state index >= 15 is 0 Å². The van der Waals surface area contributed by atoms with Gasteiger partial charge in [-0.1, -0.05) is 66.9 Å². The standard InChI is InChI=1S/C24H25ClN2O3/c25-18-12-10-16(11-13-18)14-21(17-6-2-1-3-7-17)26-22(28)15-27-23(29)19-8-4-5-9-20(19)24(27)30/h1-3,6-7,10-13,19-21H,4-5,8-9,14-15H2,(H,26,28). The van der Waals surface area contributed by atoms with Crippen molar-refractivity contribution in [2.75, 3.05) is 6.54 Å². The molecule has 2 fully saturated rings. The summed E-state index contributed by atoms with van der Waals surface area (Å²) in [4.78, 5) is 39.4. The summed E-state index contributed by atoms with van der Waals surface area (Å²) in [5.74, 6) is -1.17. The molecule has 1 aliphatic carbocycles. The Balaban J connectivity index is 1.47. The van der Waals surface area contributed by atoms with Gasteiger partial charge in [0.25, 0.3) is 0 Å². The lowest BCUT2D eigenvalue weighted by atomic mass is 9.81. The van der Waals surface area contributed by atoms with Crippen molar-refractivity contribution >= 4 is 29.3 Å². The molecule has 1 saturated carbocycles. The molecule has 156 valence electrons. The van der Waals surface area contributed by atoms with Gasteiger partial charge >= 0.3 is 0 Å². The van der Waals surface area contributed by atoms with Crippen molar-refractivity contribution in [3.8, 4) is 0 Å². The maximum atomic E-state index is 12.8. The number of nitrogens with zero attached hydrogens (tertiary/aromatic N) is 1. The highest BCUT2D eigenvalue weighted by Crippen LogP contribution is 2.37. The molecule has 30 heavy (non-hydrogen) atoms. The van der Waals surface area contributed by atoms with Crippen LogP contribution in [0.5, 0.6) is 0 Å². The van der Waals surface area contributed by atoms with Crippen LogP contribution in [-0.4, -0.2) is 29.2 Å². The van der Waals surface area contributed by atoms with Crippen LogP contribution in [-0.2, 0) is 20.8 Å². The molecule has 0 bridgehead atoms. The van der Waals surface area contributed by atoms with Crippen molar-refractivity contribution in [1.82, 2.24) is 10.2 Å². The summed E-state index contributed by atoms with van der Waals surface area (Å²) in [7, 11) is 0. The number of carbonyl (C=O) groups is 3. The third-order valence-electron chi connectivity index (χ3n) is 6.12. The van der Waals surface area contributed by atoms with Crippen molar-refractivity contribution in [3.05, 3.63) is 70.7 Å². The molecule has 5 nitrogen and oxygen atoms in total. The van der Waals surface area contributed by atoms with Crippen LogP contribution in [0.2, 0.25) is 5.02 Å². The van der Waals surface area contributed by atoms with E-state index in [0.29, 0.717) is 11.4 Å². The van der Waals surface area contributed by atoms with Gasteiger partial charge in [-0.05, 0) is 42.5 Å². The Morgan fingerprint density at radius 1 is 0.967 bits per heavy atom. The number of amides is 3. The van der Waals surface area contributed by atoms with Crippen LogP contribution in [0, 0.1) is 11.8 Å². The third-order valence-corrected chi connectivity index (χ3v) is 6.38. The minimum absolute atomic E-state index is 0.186. The van der Waals surface area contributed by atoms with Gasteiger partial charge in [0.2, 0.25) is 17.7 Å². The Morgan fingerprint density at radius 3 is 2.17 bits per heavy atom. The van der Waals surface area contributed by atoms with E-state index in [1.165, 1.54) is 4.90 Å². The van der Waals surface area contributed by atoms with Gasteiger partial charge in [0.15, 0.2) is 0 Å². The number of likely N-dealkylation sites (tertiary alicyclic amines) is 1. The molecule has 0 radical (unpaired) electrons. The minimum atomic E-state index is -0.321. The Bertz CT molecular complexity index is 905. The van der Waals surface area contributed by atoms with Crippen molar-refractivity contribution in [2.45, 2.75) is 38.1 Å². The van der Waals surface area contributed by atoms with Gasteiger partial charge in [0, 0.05) is 5.02 Å². The maximum absolute atomic E-state index is 12.8. The van der Waals surface area contributed by atoms with E-state index in [-0.39, 0.29) is 42.1 Å². The highest BCUT2D eigenvalue weighted by molar-refractivity contribution is 6.30. The predicted molar refractivity (Wildman–Crippen MR) is 115 cm³/mol. The summed E-state index contributed by atoms with van der Waals surface area (Å²) in [5, 5.41) is 3.69. The Kier molecular flexibility index (Phi) is 6.18. The van der Waals surface area contributed by atoms with Gasteiger partial charge in [-0.15, -0.1) is 0 Å². The van der Waals surface area contributed by atoms with Gasteiger partial charge in [-0.25, -0.2) is 0 Å². The van der Waals surface area contributed by atoms with Crippen molar-refractivity contribution in [2.24, 2.45) is 11.8 Å². The highest BCUT2D eigenvalue weighted by atomic mass is 35.5. The maximum Gasteiger partial charge on any atom is 0.240 e. The number of hydrogen-bond acceptors (Lipinski definition) is 3. The van der Waals surface area contributed by atoms with E-state index in [9.17, 15) is 14.4 Å². The quantitative estimate of drug-likeness (QED) is 0.715. The van der Waals surface area contributed by atoms with E-state index < -0.39 is 0 Å². The fourth-order valence-corrected chi connectivity index (χ4v) is 4.69. The van der Waals surface area contributed by atoms with Crippen LogP contribution in [0.15, 0.2) is 54.6 Å². The van der Waals surface area contributed by atoms with E-state index in [4.69, 9.17) is 11.6 Å². The monoisotopic (exact) mass is 424 g/mol. The molecule has 1 aliphatic heterocycles. The number of carbonyl (C=O) groups excluding carboxylic acids is 3. The summed E-state index contributed by atoms with van der Waals surface area (Å²) in [6.07, 6.45) is 4.02. The number of nitrogens with one attached hydrogen (secondary N) is 1. The minimum Gasteiger partial charge on any atom is -0.347 e. The van der Waals surface area contributed by atoms with Gasteiger partial charge < -0.3 is 5.32 Å². The van der Waals surface area contributed by atoms with Crippen molar-refractivity contribution < 1.29 is 14.4 Å². The fraction of sp³-hybridized carbons (Fsp3) is 0.375. The largest absolute Gasteiger partial charge is 0.347 e. The lowest BCUT2D eigenvalue weighted by Gasteiger charge is -2.21. The fourth-order valence-electron chi connectivity index (χ4n) is 4.56. The van der Waals surface area contributed by atoms with Gasteiger partial charge in [-0.2, -0.15) is 0 Å². The topological polar surface area (TPSA) is 66.5 Å². The average molecular weight is 425 g/mol. The van der Waals surface area contributed by atoms with Crippen LogP contribution < -0.4 is 5.32 Å². The predicted octanol–water partition coefficient (Wildman–Crippen LogP) is 3.92. The zero-order chi connectivity index (χ0) is 21.1. The molecule has 3 unspecified atom stereocenters. The smallest absolute Gasteiger partial charge is 0.240 e. The van der Waals surface area contributed by atoms with Crippen LogP contribution in [0.4, 0.5) is 0 Å². The molecule has 1 heterocycles. The van der Waals surface area contributed by atoms with Crippen LogP contribution in [0.3, 0.4) is 0 Å². The molecule has 0 aromatic heterocycles. The lowest BCUT2D eigenvalue weighted by molar-refractivity contribution is -0.143. The number of hydrogen-bond donors (Lipinski definition) is 1. The second kappa shape index (κ2) is 9.00. The average Bonchev–Trinajstić information content (AvgIpc) is 3.00. The number of halogens is 1. The van der Waals surface area contributed by atoms with E-state index in [1.807, 2.05) is 54.6 Å². The highest BCUT2D eigenvalue weighted by Gasteiger charge is 2.48. The lowest BCUT2D eigenvalue weighted by Crippen LogP contribution is -2.42. The first kappa shape index (κ1) is 20.6. The second-order valence-electron chi connectivity index (χ2n) is 8.12. The van der Waals surface area contributed by atoms with E-state index in [2.05, 4.69) is 5.32 Å². The zero-order valence-corrected chi connectivity index (χ0v) is 17.5. The number of fused-ring (bicyclic) bond motifs is 1. The summed E-state index contributed by atoms with van der Waals surface area (Å²) < 4.78 is 0. The Labute approximate surface area is 181 Å². The summed E-state index contributed by atoms with van der Waals surface area (Å²) in [6, 6.07) is 16.9. The molecule has 4 rings (SSSR count). The molecule has 1 N–H and O–H groups in total. The molecule has 6 heteroatoms. The van der Waals surface area contributed by atoms with E-state index in [1.54, 1.807) is 0 Å². The number of imide groups is 1. The summed E-state index contributed by atoms with van der Waals surface area (Å²) >= 11 is 5.98. The normalized spacial score (nSPS) is 22.0. The SMILES string of the molecule is O=C(CN1C(=O)C2CCCCC2C1=O)NC(Cc1ccc(Cl)cc1)c1ccccc1. The first-order chi connectivity index (χ1) is 14.5. The van der Waals surface area contributed by atoms with Crippen molar-refractivity contribution in [1.29, 1.82) is 0 Å². The van der Waals surface area contributed by atoms with E-state index in [0.717, 1.165) is 36.8 Å². The number of benzene rings is 2. The van der Waals surface area contributed by atoms with Crippen LogP contribution in [0.25, 0.3) is 0 Å². The van der Waals surface area contributed by atoms with Crippen LogP contribution in [0.1, 0.15) is 42.9 Å². The molecule has 2 aromatic carbocycles. The Hall–Kier alpha value is -2.66. The molecule has 3 amide bonds. The summed E-state index contributed by atoms with van der Waals surface area (Å²) in [5.41, 5.74) is 2.00. The van der Waals surface area contributed by atoms with Gasteiger partial charge in [0.1, 0.15) is 6.54 Å². The molecular formula is C24H25ClN2O3. The first-order valence-corrected chi connectivity index (χ1v) is 10.8. The summed E-state index contributed by atoms with van der Waals surface area (Å²) in [6.45, 7) is -0.214. The first-order valence-electron chi connectivity index (χ1n) is 10.5. The third kappa shape index (κ3) is 4.41.